The molecule has 46 heavy (non-hydrogen) atoms. The summed E-state index contributed by atoms with van der Waals surface area (Å²) in [5.74, 6) is 0.347. The molecule has 0 saturated carbocycles. The minimum Gasteiger partial charge on any atom is -0.358 e. The standard InChI is InChI=1S/C32H40F3N4O4P.CH4.CH3/c1-22-16-24(18-25(17-22)32(33,34)35)31(3,4)30(40)37(5)28-20-36-29(19-27(28)26-11-9-8-10-23(26)2)38-12-14-39(6,15-13-38)21-43-44(7,41)42;;/h8-11,16-20H,12-15,21H2,1-7H3;1H4;1H3/q;;-1/p+1. The van der Waals surface area contributed by atoms with Gasteiger partial charge in [0.05, 0.1) is 56.1 Å². The molecule has 0 spiro atoms. The highest BCUT2D eigenvalue weighted by molar-refractivity contribution is 7.51. The van der Waals surface area contributed by atoms with Gasteiger partial charge in [-0.05, 0) is 62.6 Å². The molecule has 1 aliphatic rings. The maximum Gasteiger partial charge on any atom is 0.416 e. The maximum atomic E-state index is 14.1. The van der Waals surface area contributed by atoms with Crippen LogP contribution in [0.4, 0.5) is 24.7 Å². The molecule has 1 fully saturated rings. The van der Waals surface area contributed by atoms with Gasteiger partial charge in [-0.15, -0.1) is 0 Å². The van der Waals surface area contributed by atoms with E-state index >= 15 is 0 Å². The van der Waals surface area contributed by atoms with Gasteiger partial charge in [0.2, 0.25) is 5.91 Å². The van der Waals surface area contributed by atoms with Crippen LogP contribution in [0.5, 0.6) is 0 Å². The Hall–Kier alpha value is -3.24. The Bertz CT molecular complexity index is 1580. The molecular weight excluding hydrogens is 616 g/mol. The maximum absolute atomic E-state index is 14.1. The van der Waals surface area contributed by atoms with Gasteiger partial charge in [0.1, 0.15) is 5.82 Å². The van der Waals surface area contributed by atoms with E-state index in [9.17, 15) is 27.4 Å². The van der Waals surface area contributed by atoms with Gasteiger partial charge in [-0.1, -0.05) is 43.3 Å². The molecule has 0 bridgehead atoms. The Morgan fingerprint density at radius 2 is 1.65 bits per heavy atom. The molecule has 254 valence electrons. The van der Waals surface area contributed by atoms with Crippen molar-refractivity contribution in [2.75, 3.05) is 63.5 Å². The van der Waals surface area contributed by atoms with Gasteiger partial charge in [-0.2, -0.15) is 13.2 Å². The van der Waals surface area contributed by atoms with Gasteiger partial charge in [-0.25, -0.2) is 4.98 Å². The van der Waals surface area contributed by atoms with Crippen LogP contribution in [-0.2, 0) is 25.5 Å². The lowest BCUT2D eigenvalue weighted by atomic mass is 9.81. The number of quaternary nitrogens is 1. The van der Waals surface area contributed by atoms with Gasteiger partial charge < -0.3 is 26.6 Å². The van der Waals surface area contributed by atoms with Crippen LogP contribution in [0.1, 0.15) is 43.5 Å². The smallest absolute Gasteiger partial charge is 0.358 e. The number of nitrogens with zero attached hydrogens (tertiary/aromatic N) is 4. The number of hydrogen-bond donors (Lipinski definition) is 1. The van der Waals surface area contributed by atoms with E-state index in [1.54, 1.807) is 40.1 Å². The third kappa shape index (κ3) is 8.76. The van der Waals surface area contributed by atoms with Crippen molar-refractivity contribution >= 4 is 25.0 Å². The molecule has 12 heteroatoms. The lowest BCUT2D eigenvalue weighted by Gasteiger charge is -2.42. The molecule has 0 aliphatic carbocycles. The number of hydrogen-bond acceptors (Lipinski definition) is 5. The Balaban J connectivity index is 0.00000368. The Kier molecular flexibility index (Phi) is 12.1. The molecule has 3 aromatic rings. The average Bonchev–Trinajstić information content (AvgIpc) is 2.95. The summed E-state index contributed by atoms with van der Waals surface area (Å²) in [5.41, 5.74) is 1.87. The molecule has 1 amide bonds. The van der Waals surface area contributed by atoms with E-state index in [1.165, 1.54) is 11.6 Å². The number of halogens is 3. The second-order valence-corrected chi connectivity index (χ2v) is 14.4. The fraction of sp³-hybridized carbons (Fsp3) is 0.441. The zero-order chi connectivity index (χ0) is 32.7. The number of benzene rings is 2. The number of likely N-dealkylation sites (N-methyl/N-ethyl adjacent to an activating group) is 2. The second kappa shape index (κ2) is 14.3. The molecule has 1 aliphatic heterocycles. The third-order valence-corrected chi connectivity index (χ3v) is 8.98. The third-order valence-electron chi connectivity index (χ3n) is 8.38. The number of carbonyl (C=O) groups is 1. The number of anilines is 2. The van der Waals surface area contributed by atoms with Crippen LogP contribution in [0.3, 0.4) is 0 Å². The Morgan fingerprint density at radius 1 is 1.07 bits per heavy atom. The molecule has 1 N–H and O–H groups in total. The molecule has 4 rings (SSSR count). The van der Waals surface area contributed by atoms with Crippen LogP contribution in [0.2, 0.25) is 0 Å². The van der Waals surface area contributed by atoms with Gasteiger partial charge >= 0.3 is 13.8 Å². The van der Waals surface area contributed by atoms with E-state index in [1.807, 2.05) is 44.3 Å². The minimum absolute atomic E-state index is 0. The zero-order valence-corrected chi connectivity index (χ0v) is 28.2. The first kappa shape index (κ1) is 38.9. The first-order valence-electron chi connectivity index (χ1n) is 14.4. The molecule has 1 aromatic heterocycles. The van der Waals surface area contributed by atoms with Gasteiger partial charge in [-0.3, -0.25) is 13.9 Å². The van der Waals surface area contributed by atoms with Crippen molar-refractivity contribution in [1.29, 1.82) is 0 Å². The van der Waals surface area contributed by atoms with Crippen molar-refractivity contribution in [3.05, 3.63) is 84.4 Å². The van der Waals surface area contributed by atoms with Gasteiger partial charge in [0.15, 0.2) is 6.73 Å². The average molecular weight is 665 g/mol. The summed E-state index contributed by atoms with van der Waals surface area (Å²) in [5, 5.41) is 0. The molecule has 0 radical (unpaired) electrons. The van der Waals surface area contributed by atoms with Crippen molar-refractivity contribution < 1.29 is 36.4 Å². The highest BCUT2D eigenvalue weighted by Gasteiger charge is 2.38. The van der Waals surface area contributed by atoms with Crippen molar-refractivity contribution in [2.45, 2.75) is 46.7 Å². The number of carbonyl (C=O) groups excluding carboxylic acids is 1. The molecule has 1 saturated heterocycles. The van der Waals surface area contributed by atoms with Crippen molar-refractivity contribution in [3.63, 3.8) is 0 Å². The van der Waals surface area contributed by atoms with Crippen LogP contribution >= 0.6 is 7.60 Å². The predicted octanol–water partition coefficient (Wildman–Crippen LogP) is 7.47. The van der Waals surface area contributed by atoms with Crippen LogP contribution in [0, 0.1) is 21.3 Å². The Morgan fingerprint density at radius 3 is 2.22 bits per heavy atom. The number of rotatable bonds is 8. The quantitative estimate of drug-likeness (QED) is 0.153. The van der Waals surface area contributed by atoms with Crippen LogP contribution in [0.25, 0.3) is 11.1 Å². The van der Waals surface area contributed by atoms with E-state index in [0.29, 0.717) is 41.9 Å². The monoisotopic (exact) mass is 664 g/mol. The summed E-state index contributed by atoms with van der Waals surface area (Å²) in [7, 11) is 0.0231. The van der Waals surface area contributed by atoms with E-state index in [0.717, 1.165) is 34.6 Å². The number of amides is 1. The van der Waals surface area contributed by atoms with Crippen LogP contribution < -0.4 is 9.80 Å². The van der Waals surface area contributed by atoms with Crippen LogP contribution in [0.15, 0.2) is 54.7 Å². The molecule has 2 heterocycles. The van der Waals surface area contributed by atoms with E-state index < -0.39 is 24.8 Å². The summed E-state index contributed by atoms with van der Waals surface area (Å²) < 4.78 is 58.2. The van der Waals surface area contributed by atoms with Gasteiger partial charge in [0, 0.05) is 19.3 Å². The molecule has 8 nitrogen and oxygen atoms in total. The molecule has 1 atom stereocenters. The second-order valence-electron chi connectivity index (χ2n) is 12.6. The molecule has 2 aromatic carbocycles. The molecule has 1 unspecified atom stereocenters. The van der Waals surface area contributed by atoms with Crippen molar-refractivity contribution in [1.82, 2.24) is 4.98 Å². The fourth-order valence-corrected chi connectivity index (χ4v) is 5.97. The highest BCUT2D eigenvalue weighted by atomic mass is 31.2. The number of pyridine rings is 1. The van der Waals surface area contributed by atoms with Crippen molar-refractivity contribution in [2.24, 2.45) is 0 Å². The summed E-state index contributed by atoms with van der Waals surface area (Å²) >= 11 is 0. The summed E-state index contributed by atoms with van der Waals surface area (Å²) in [6.45, 7) is 10.8. The number of piperazine rings is 1. The van der Waals surface area contributed by atoms with Gasteiger partial charge in [0.25, 0.3) is 0 Å². The van der Waals surface area contributed by atoms with E-state index in [2.05, 4.69) is 4.90 Å². The van der Waals surface area contributed by atoms with Crippen LogP contribution in [-0.4, -0.2) is 73.9 Å². The summed E-state index contributed by atoms with van der Waals surface area (Å²) in [6, 6.07) is 13.5. The SMILES string of the molecule is C.Cc1cc(C(F)(F)F)cc(C(C)(C)C(=O)N(C)c2cnc(N3CC[N+](C)(COP(C)(=O)O)CC3)cc2-c2ccccc2C)c1.[CH3-]. The number of aryl methyl sites for hydroxylation is 2. The zero-order valence-electron chi connectivity index (χ0n) is 27.3. The first-order chi connectivity index (χ1) is 20.3. The summed E-state index contributed by atoms with van der Waals surface area (Å²) in [4.78, 5) is 32.0. The Labute approximate surface area is 271 Å². The molecular formula is C34H48F3N4O4P. The lowest BCUT2D eigenvalue weighted by Crippen LogP contribution is -2.58. The lowest BCUT2D eigenvalue weighted by molar-refractivity contribution is -0.925. The minimum atomic E-state index is -4.53. The van der Waals surface area contributed by atoms with E-state index in [4.69, 9.17) is 9.51 Å². The predicted molar refractivity (Wildman–Crippen MR) is 180 cm³/mol. The normalized spacial score (nSPS) is 16.1. The summed E-state index contributed by atoms with van der Waals surface area (Å²) in [6.07, 6.45) is -2.88. The van der Waals surface area contributed by atoms with E-state index in [-0.39, 0.29) is 33.1 Å². The first-order valence-corrected chi connectivity index (χ1v) is 16.4. The topological polar surface area (TPSA) is 83.0 Å². The van der Waals surface area contributed by atoms with Crippen molar-refractivity contribution in [3.8, 4) is 11.1 Å². The number of alkyl halides is 3. The fourth-order valence-electron chi connectivity index (χ4n) is 5.48. The number of aromatic nitrogens is 1. The highest BCUT2D eigenvalue weighted by Crippen LogP contribution is 2.40. The largest absolute Gasteiger partial charge is 0.416 e.